The van der Waals surface area contributed by atoms with Crippen molar-refractivity contribution >= 4 is 27.5 Å². The van der Waals surface area contributed by atoms with Crippen LogP contribution in [-0.2, 0) is 0 Å². The Bertz CT molecular complexity index is 2040. The van der Waals surface area contributed by atoms with Crippen LogP contribution in [-0.4, -0.2) is 12.6 Å². The normalized spacial score (nSPS) is 12.3. The molecule has 0 aromatic heterocycles. The second-order valence-corrected chi connectivity index (χ2v) is 13.4. The Morgan fingerprint density at radius 1 is 0.520 bits per heavy atom. The highest BCUT2D eigenvalue weighted by Gasteiger charge is 2.21. The molecule has 0 saturated heterocycles. The van der Waals surface area contributed by atoms with E-state index in [2.05, 4.69) is 89.3 Å². The standard InChI is InChI=1S/C47H50O3/c1-34(2)16-13-17-35(3)18-14-19-36(4)20-15-21-37(5)32-33-49-43-30-28-38-22-9-11-26-41(38)45(43)46-42-27-12-10-23-39(42)29-31-44(46)50-47(48)40-24-7-6-8-25-40/h6-12,16,18,20,22-32H,13-15,17,19,21,33H2,1-5H3/b35-18+,36-20+,37-32+. The molecule has 0 saturated carbocycles. The van der Waals surface area contributed by atoms with Crippen LogP contribution < -0.4 is 9.47 Å². The molecule has 256 valence electrons. The maximum atomic E-state index is 13.3. The van der Waals surface area contributed by atoms with Gasteiger partial charge in [0.05, 0.1) is 5.56 Å². The number of allylic oxidation sites excluding steroid dienone is 7. The molecule has 0 aliphatic rings. The Morgan fingerprint density at radius 3 is 1.58 bits per heavy atom. The average Bonchev–Trinajstić information content (AvgIpc) is 3.12. The van der Waals surface area contributed by atoms with Crippen molar-refractivity contribution in [3.63, 3.8) is 0 Å². The highest BCUT2D eigenvalue weighted by atomic mass is 16.5. The van der Waals surface area contributed by atoms with Crippen LogP contribution in [0.5, 0.6) is 11.5 Å². The second-order valence-electron chi connectivity index (χ2n) is 13.4. The van der Waals surface area contributed by atoms with Gasteiger partial charge in [0.25, 0.3) is 0 Å². The molecule has 0 atom stereocenters. The third-order valence-electron chi connectivity index (χ3n) is 9.07. The van der Waals surface area contributed by atoms with Gasteiger partial charge in [0, 0.05) is 11.1 Å². The summed E-state index contributed by atoms with van der Waals surface area (Å²) in [6.45, 7) is 11.4. The Hall–Kier alpha value is -5.15. The zero-order valence-electron chi connectivity index (χ0n) is 30.3. The van der Waals surface area contributed by atoms with Gasteiger partial charge in [-0.15, -0.1) is 0 Å². The maximum absolute atomic E-state index is 13.3. The monoisotopic (exact) mass is 662 g/mol. The highest BCUT2D eigenvalue weighted by Crippen LogP contribution is 2.45. The average molecular weight is 663 g/mol. The van der Waals surface area contributed by atoms with Gasteiger partial charge in [0.15, 0.2) is 0 Å². The van der Waals surface area contributed by atoms with Crippen LogP contribution in [0.25, 0.3) is 32.7 Å². The van der Waals surface area contributed by atoms with Crippen LogP contribution in [0.2, 0.25) is 0 Å². The predicted molar refractivity (Wildman–Crippen MR) is 212 cm³/mol. The molecule has 0 aliphatic carbocycles. The second kappa shape index (κ2) is 18.0. The first-order valence-electron chi connectivity index (χ1n) is 17.8. The van der Waals surface area contributed by atoms with Crippen molar-refractivity contribution in [1.82, 2.24) is 0 Å². The van der Waals surface area contributed by atoms with Crippen molar-refractivity contribution in [2.45, 2.75) is 73.1 Å². The lowest BCUT2D eigenvalue weighted by atomic mass is 9.92. The van der Waals surface area contributed by atoms with E-state index in [0.717, 1.165) is 76.9 Å². The fourth-order valence-electron chi connectivity index (χ4n) is 6.22. The van der Waals surface area contributed by atoms with Gasteiger partial charge >= 0.3 is 5.97 Å². The van der Waals surface area contributed by atoms with E-state index in [1.54, 1.807) is 12.1 Å². The number of hydrogen-bond donors (Lipinski definition) is 0. The van der Waals surface area contributed by atoms with E-state index in [-0.39, 0.29) is 0 Å². The largest absolute Gasteiger partial charge is 0.489 e. The zero-order chi connectivity index (χ0) is 35.3. The van der Waals surface area contributed by atoms with Gasteiger partial charge < -0.3 is 9.47 Å². The summed E-state index contributed by atoms with van der Waals surface area (Å²) in [5.74, 6) is 0.859. The molecule has 3 nitrogen and oxygen atoms in total. The third-order valence-corrected chi connectivity index (χ3v) is 9.07. The first kappa shape index (κ1) is 36.1. The zero-order valence-corrected chi connectivity index (χ0v) is 30.3. The first-order valence-corrected chi connectivity index (χ1v) is 17.8. The summed E-state index contributed by atoms with van der Waals surface area (Å²) >= 11 is 0. The summed E-state index contributed by atoms with van der Waals surface area (Å²) in [6, 6.07) is 33.7. The molecule has 5 aromatic carbocycles. The van der Waals surface area contributed by atoms with Crippen molar-refractivity contribution in [2.75, 3.05) is 6.61 Å². The van der Waals surface area contributed by atoms with Crippen LogP contribution >= 0.6 is 0 Å². The number of carbonyl (C=O) groups excluding carboxylic acids is 1. The van der Waals surface area contributed by atoms with E-state index in [4.69, 9.17) is 9.47 Å². The van der Waals surface area contributed by atoms with Gasteiger partial charge in [0.2, 0.25) is 0 Å². The molecule has 5 rings (SSSR count). The molecule has 50 heavy (non-hydrogen) atoms. The number of esters is 1. The van der Waals surface area contributed by atoms with Crippen molar-refractivity contribution in [1.29, 1.82) is 0 Å². The van der Waals surface area contributed by atoms with Crippen LogP contribution in [0.1, 0.15) is 83.5 Å². The molecule has 0 radical (unpaired) electrons. The molecule has 0 fully saturated rings. The molecule has 0 heterocycles. The van der Waals surface area contributed by atoms with E-state index in [1.807, 2.05) is 60.7 Å². The number of benzene rings is 5. The number of hydrogen-bond acceptors (Lipinski definition) is 3. The molecule has 0 N–H and O–H groups in total. The SMILES string of the molecule is CC(C)=CCC/C(C)=C/CC/C(C)=C/CC/C(C)=C/COc1ccc2ccccc2c1-c1c(OC(=O)c2ccccc2)ccc2ccccc12. The first-order chi connectivity index (χ1) is 24.3. The smallest absolute Gasteiger partial charge is 0.343 e. The Labute approximate surface area is 298 Å². The molecule has 0 aliphatic heterocycles. The molecule has 0 unspecified atom stereocenters. The number of rotatable bonds is 15. The van der Waals surface area contributed by atoms with Gasteiger partial charge in [-0.1, -0.05) is 119 Å². The Kier molecular flexibility index (Phi) is 13.0. The van der Waals surface area contributed by atoms with E-state index in [1.165, 1.54) is 22.3 Å². The van der Waals surface area contributed by atoms with E-state index >= 15 is 0 Å². The van der Waals surface area contributed by atoms with E-state index in [9.17, 15) is 4.79 Å². The Morgan fingerprint density at radius 2 is 1.00 bits per heavy atom. The van der Waals surface area contributed by atoms with Crippen LogP contribution in [0.15, 0.2) is 150 Å². The topological polar surface area (TPSA) is 35.5 Å². The minimum Gasteiger partial charge on any atom is -0.489 e. The van der Waals surface area contributed by atoms with Gasteiger partial charge in [0.1, 0.15) is 18.1 Å². The van der Waals surface area contributed by atoms with Crippen LogP contribution in [0.4, 0.5) is 0 Å². The summed E-state index contributed by atoms with van der Waals surface area (Å²) in [5.41, 5.74) is 7.89. The lowest BCUT2D eigenvalue weighted by Gasteiger charge is -2.19. The minimum atomic E-state index is -0.394. The highest BCUT2D eigenvalue weighted by molar-refractivity contribution is 6.10. The van der Waals surface area contributed by atoms with Gasteiger partial charge in [-0.2, -0.15) is 0 Å². The molecular weight excluding hydrogens is 613 g/mol. The predicted octanol–water partition coefficient (Wildman–Crippen LogP) is 13.4. The van der Waals surface area contributed by atoms with Crippen molar-refractivity contribution in [3.05, 3.63) is 155 Å². The fraction of sp³-hybridized carbons (Fsp3) is 0.255. The summed E-state index contributed by atoms with van der Waals surface area (Å²) in [4.78, 5) is 13.3. The van der Waals surface area contributed by atoms with Crippen molar-refractivity contribution < 1.29 is 14.3 Å². The summed E-state index contributed by atoms with van der Waals surface area (Å²) in [5, 5.41) is 4.19. The fourth-order valence-corrected chi connectivity index (χ4v) is 6.22. The molecule has 0 amide bonds. The van der Waals surface area contributed by atoms with Gasteiger partial charge in [-0.3, -0.25) is 0 Å². The maximum Gasteiger partial charge on any atom is 0.343 e. The number of ether oxygens (including phenoxy) is 2. The molecule has 0 spiro atoms. The van der Waals surface area contributed by atoms with E-state index < -0.39 is 5.97 Å². The lowest BCUT2D eigenvalue weighted by Crippen LogP contribution is -2.09. The summed E-state index contributed by atoms with van der Waals surface area (Å²) in [6.07, 6.45) is 15.8. The van der Waals surface area contributed by atoms with Crippen LogP contribution in [0.3, 0.4) is 0 Å². The summed E-state index contributed by atoms with van der Waals surface area (Å²) < 4.78 is 12.7. The Balaban J connectivity index is 1.33. The van der Waals surface area contributed by atoms with Gasteiger partial charge in [-0.25, -0.2) is 4.79 Å². The molecule has 0 bridgehead atoms. The van der Waals surface area contributed by atoms with Gasteiger partial charge in [-0.05, 0) is 125 Å². The number of fused-ring (bicyclic) bond motifs is 2. The quantitative estimate of drug-likeness (QED) is 0.0636. The lowest BCUT2D eigenvalue weighted by molar-refractivity contribution is 0.0735. The summed E-state index contributed by atoms with van der Waals surface area (Å²) in [7, 11) is 0. The van der Waals surface area contributed by atoms with Crippen LogP contribution in [0, 0.1) is 0 Å². The van der Waals surface area contributed by atoms with Crippen molar-refractivity contribution in [3.8, 4) is 22.6 Å². The molecular formula is C47H50O3. The molecule has 3 heteroatoms. The minimum absolute atomic E-state index is 0.394. The third kappa shape index (κ3) is 9.95. The number of carbonyl (C=O) groups is 1. The van der Waals surface area contributed by atoms with E-state index in [0.29, 0.717) is 17.9 Å². The van der Waals surface area contributed by atoms with Crippen molar-refractivity contribution in [2.24, 2.45) is 0 Å². The molecule has 5 aromatic rings.